The van der Waals surface area contributed by atoms with E-state index in [4.69, 9.17) is 21.1 Å². The van der Waals surface area contributed by atoms with Gasteiger partial charge in [0.15, 0.2) is 0 Å². The number of carbonyl (C=O) groups is 2. The third-order valence-electron chi connectivity index (χ3n) is 3.40. The number of nitrogens with one attached hydrogen (secondary N) is 1. The molecule has 0 aliphatic carbocycles. The molecule has 6 nitrogen and oxygen atoms in total. The molecule has 0 unspecified atom stereocenters. The Kier molecular flexibility index (Phi) is 7.89. The zero-order valence-electron chi connectivity index (χ0n) is 14.5. The van der Waals surface area contributed by atoms with E-state index in [1.807, 2.05) is 6.92 Å². The summed E-state index contributed by atoms with van der Waals surface area (Å²) >= 11 is 5.81. The molecule has 26 heavy (non-hydrogen) atoms. The smallest absolute Gasteiger partial charge is 0.305 e. The summed E-state index contributed by atoms with van der Waals surface area (Å²) in [5, 5.41) is 3.37. The maximum absolute atomic E-state index is 11.8. The Bertz CT molecular complexity index is 707. The van der Waals surface area contributed by atoms with Crippen LogP contribution in [0.1, 0.15) is 30.1 Å². The van der Waals surface area contributed by atoms with Crippen LogP contribution in [-0.2, 0) is 9.53 Å². The molecule has 1 aromatic heterocycles. The van der Waals surface area contributed by atoms with Crippen LogP contribution in [0.4, 0.5) is 0 Å². The van der Waals surface area contributed by atoms with Crippen LogP contribution in [-0.4, -0.2) is 36.1 Å². The van der Waals surface area contributed by atoms with Gasteiger partial charge in [-0.05, 0) is 49.7 Å². The fourth-order valence-electron chi connectivity index (χ4n) is 2.10. The van der Waals surface area contributed by atoms with Crippen molar-refractivity contribution in [3.63, 3.8) is 0 Å². The van der Waals surface area contributed by atoms with Gasteiger partial charge in [0.2, 0.25) is 0 Å². The van der Waals surface area contributed by atoms with Crippen molar-refractivity contribution in [2.75, 3.05) is 13.2 Å². The molecule has 1 heterocycles. The number of nitrogens with zero attached hydrogens (tertiary/aromatic N) is 1. The van der Waals surface area contributed by atoms with Crippen LogP contribution < -0.4 is 10.1 Å². The van der Waals surface area contributed by atoms with Crippen molar-refractivity contribution in [1.29, 1.82) is 0 Å². The third-order valence-corrected chi connectivity index (χ3v) is 3.65. The summed E-state index contributed by atoms with van der Waals surface area (Å²) in [5.74, 6) is 0.125. The summed E-state index contributed by atoms with van der Waals surface area (Å²) in [6, 6.07) is 10.3. The first-order valence-electron chi connectivity index (χ1n) is 8.30. The van der Waals surface area contributed by atoms with Gasteiger partial charge in [0.1, 0.15) is 18.5 Å². The molecule has 0 bridgehead atoms. The van der Waals surface area contributed by atoms with Gasteiger partial charge in [-0.15, -0.1) is 0 Å². The summed E-state index contributed by atoms with van der Waals surface area (Å²) in [4.78, 5) is 27.4. The van der Waals surface area contributed by atoms with E-state index >= 15 is 0 Å². The molecule has 2 rings (SSSR count). The van der Waals surface area contributed by atoms with Crippen molar-refractivity contribution in [1.82, 2.24) is 10.3 Å². The number of hydrogen-bond donors (Lipinski definition) is 1. The first-order chi connectivity index (χ1) is 12.5. The van der Waals surface area contributed by atoms with Gasteiger partial charge in [0.05, 0.1) is 5.56 Å². The standard InChI is InChI=1S/C19H21ClN2O4/c1-14(26-17-8-6-16(20)7-9-17)13-25-18(23)5-3-11-22-19(24)15-4-2-10-21-12-15/h2,4,6-10,12,14H,3,5,11,13H2,1H3,(H,22,24)/t14-/m0/s1. The Morgan fingerprint density at radius 3 is 2.69 bits per heavy atom. The van der Waals surface area contributed by atoms with Crippen molar-refractivity contribution >= 4 is 23.5 Å². The molecule has 1 atom stereocenters. The molecule has 2 aromatic rings. The highest BCUT2D eigenvalue weighted by Gasteiger charge is 2.10. The molecule has 0 saturated carbocycles. The second-order valence-electron chi connectivity index (χ2n) is 5.67. The second-order valence-corrected chi connectivity index (χ2v) is 6.10. The Balaban J connectivity index is 1.58. The number of esters is 1. The zero-order chi connectivity index (χ0) is 18.8. The lowest BCUT2D eigenvalue weighted by atomic mass is 10.2. The lowest BCUT2D eigenvalue weighted by molar-refractivity contribution is -0.145. The minimum Gasteiger partial charge on any atom is -0.487 e. The fourth-order valence-corrected chi connectivity index (χ4v) is 2.22. The Morgan fingerprint density at radius 1 is 1.23 bits per heavy atom. The highest BCUT2D eigenvalue weighted by Crippen LogP contribution is 2.16. The number of benzene rings is 1. The van der Waals surface area contributed by atoms with Crippen molar-refractivity contribution in [2.24, 2.45) is 0 Å². The molecule has 1 aromatic carbocycles. The maximum atomic E-state index is 11.8. The fraction of sp³-hybridized carbons (Fsp3) is 0.316. The molecular formula is C19H21ClN2O4. The molecule has 0 aliphatic heterocycles. The summed E-state index contributed by atoms with van der Waals surface area (Å²) in [6.45, 7) is 2.36. The van der Waals surface area contributed by atoms with Gasteiger partial charge in [0.25, 0.3) is 5.91 Å². The normalized spacial score (nSPS) is 11.5. The van der Waals surface area contributed by atoms with Crippen LogP contribution in [0, 0.1) is 0 Å². The monoisotopic (exact) mass is 376 g/mol. The highest BCUT2D eigenvalue weighted by molar-refractivity contribution is 6.30. The minimum atomic E-state index is -0.327. The Hall–Kier alpha value is -2.60. The maximum Gasteiger partial charge on any atom is 0.305 e. The van der Waals surface area contributed by atoms with Crippen molar-refractivity contribution < 1.29 is 19.1 Å². The number of amides is 1. The van der Waals surface area contributed by atoms with Gasteiger partial charge < -0.3 is 14.8 Å². The van der Waals surface area contributed by atoms with E-state index in [2.05, 4.69) is 10.3 Å². The summed E-state index contributed by atoms with van der Waals surface area (Å²) in [5.41, 5.74) is 0.489. The van der Waals surface area contributed by atoms with Crippen LogP contribution in [0.25, 0.3) is 0 Å². The number of ether oxygens (including phenoxy) is 2. The lowest BCUT2D eigenvalue weighted by Gasteiger charge is -2.15. The summed E-state index contributed by atoms with van der Waals surface area (Å²) in [6.07, 6.45) is 3.54. The van der Waals surface area contributed by atoms with Gasteiger partial charge >= 0.3 is 5.97 Å². The molecule has 0 radical (unpaired) electrons. The van der Waals surface area contributed by atoms with Crippen molar-refractivity contribution in [3.8, 4) is 5.75 Å². The number of pyridine rings is 1. The number of halogens is 1. The van der Waals surface area contributed by atoms with E-state index in [1.54, 1.807) is 42.6 Å². The topological polar surface area (TPSA) is 77.5 Å². The van der Waals surface area contributed by atoms with Gasteiger partial charge in [0, 0.05) is 30.4 Å². The molecule has 1 N–H and O–H groups in total. The molecular weight excluding hydrogens is 356 g/mol. The summed E-state index contributed by atoms with van der Waals surface area (Å²) in [7, 11) is 0. The van der Waals surface area contributed by atoms with E-state index < -0.39 is 0 Å². The summed E-state index contributed by atoms with van der Waals surface area (Å²) < 4.78 is 10.8. The number of hydrogen-bond acceptors (Lipinski definition) is 5. The molecule has 7 heteroatoms. The molecule has 0 aliphatic rings. The molecule has 0 spiro atoms. The lowest BCUT2D eigenvalue weighted by Crippen LogP contribution is -2.25. The van der Waals surface area contributed by atoms with Gasteiger partial charge in [-0.3, -0.25) is 14.6 Å². The molecule has 138 valence electrons. The molecule has 0 fully saturated rings. The molecule has 1 amide bonds. The minimum absolute atomic E-state index is 0.156. The van der Waals surface area contributed by atoms with Crippen LogP contribution in [0.2, 0.25) is 5.02 Å². The first-order valence-corrected chi connectivity index (χ1v) is 8.68. The third kappa shape index (κ3) is 7.11. The largest absolute Gasteiger partial charge is 0.487 e. The van der Waals surface area contributed by atoms with Gasteiger partial charge in [-0.25, -0.2) is 0 Å². The van der Waals surface area contributed by atoms with Gasteiger partial charge in [-0.1, -0.05) is 11.6 Å². The Labute approximate surface area is 157 Å². The average molecular weight is 377 g/mol. The van der Waals surface area contributed by atoms with E-state index in [0.717, 1.165) is 0 Å². The predicted octanol–water partition coefficient (Wildman–Crippen LogP) is 3.26. The molecule has 0 saturated heterocycles. The van der Waals surface area contributed by atoms with E-state index in [1.165, 1.54) is 6.20 Å². The van der Waals surface area contributed by atoms with Crippen LogP contribution in [0.5, 0.6) is 5.75 Å². The Morgan fingerprint density at radius 2 is 2.00 bits per heavy atom. The second kappa shape index (κ2) is 10.4. The first kappa shape index (κ1) is 19.7. The van der Waals surface area contributed by atoms with Crippen LogP contribution in [0.3, 0.4) is 0 Å². The highest BCUT2D eigenvalue weighted by atomic mass is 35.5. The quantitative estimate of drug-likeness (QED) is 0.537. The number of rotatable bonds is 9. The number of carbonyl (C=O) groups excluding carboxylic acids is 2. The van der Waals surface area contributed by atoms with Crippen LogP contribution in [0.15, 0.2) is 48.8 Å². The SMILES string of the molecule is C[C@@H](COC(=O)CCCNC(=O)c1cccnc1)Oc1ccc(Cl)cc1. The van der Waals surface area contributed by atoms with Crippen molar-refractivity contribution in [2.45, 2.75) is 25.9 Å². The van der Waals surface area contributed by atoms with E-state index in [-0.39, 0.29) is 31.0 Å². The van der Waals surface area contributed by atoms with Crippen LogP contribution >= 0.6 is 11.6 Å². The predicted molar refractivity (Wildman–Crippen MR) is 98.3 cm³/mol. The number of aromatic nitrogens is 1. The van der Waals surface area contributed by atoms with E-state index in [9.17, 15) is 9.59 Å². The average Bonchev–Trinajstić information content (AvgIpc) is 2.66. The zero-order valence-corrected chi connectivity index (χ0v) is 15.2. The van der Waals surface area contributed by atoms with Gasteiger partial charge in [-0.2, -0.15) is 0 Å². The van der Waals surface area contributed by atoms with E-state index in [0.29, 0.717) is 29.3 Å². The van der Waals surface area contributed by atoms with Crippen molar-refractivity contribution in [3.05, 3.63) is 59.4 Å².